The van der Waals surface area contributed by atoms with Gasteiger partial charge in [0.15, 0.2) is 11.9 Å². The van der Waals surface area contributed by atoms with Gasteiger partial charge in [0.1, 0.15) is 0 Å². The number of allylic oxidation sites excluding steroid dienone is 1. The van der Waals surface area contributed by atoms with Gasteiger partial charge in [0.2, 0.25) is 0 Å². The lowest BCUT2D eigenvalue weighted by Gasteiger charge is -2.57. The van der Waals surface area contributed by atoms with E-state index in [2.05, 4.69) is 26.8 Å². The highest BCUT2D eigenvalue weighted by molar-refractivity contribution is 5.94. The molecule has 0 amide bonds. The minimum atomic E-state index is -0.541. The summed E-state index contributed by atoms with van der Waals surface area (Å²) in [6.07, 6.45) is 6.82. The molecular weight excluding hydrogens is 264 g/mol. The van der Waals surface area contributed by atoms with E-state index in [1.165, 1.54) is 19.8 Å². The predicted molar refractivity (Wildman–Crippen MR) is 80.6 cm³/mol. The minimum absolute atomic E-state index is 0.0248. The van der Waals surface area contributed by atoms with E-state index in [1.807, 2.05) is 0 Å². The van der Waals surface area contributed by atoms with E-state index in [0.717, 1.165) is 18.4 Å². The Hall–Kier alpha value is -1.12. The van der Waals surface area contributed by atoms with Crippen LogP contribution in [0.5, 0.6) is 0 Å². The van der Waals surface area contributed by atoms with E-state index in [-0.39, 0.29) is 23.1 Å². The van der Waals surface area contributed by atoms with Crippen LogP contribution in [0, 0.1) is 22.7 Å². The Morgan fingerprint density at radius 2 is 2.00 bits per heavy atom. The van der Waals surface area contributed by atoms with Crippen LogP contribution in [0.3, 0.4) is 0 Å². The van der Waals surface area contributed by atoms with E-state index in [0.29, 0.717) is 17.8 Å². The van der Waals surface area contributed by atoms with Crippen LogP contribution in [0.1, 0.15) is 59.8 Å². The van der Waals surface area contributed by atoms with Crippen molar-refractivity contribution in [1.82, 2.24) is 0 Å². The zero-order chi connectivity index (χ0) is 15.4. The molecule has 0 unspecified atom stereocenters. The summed E-state index contributed by atoms with van der Waals surface area (Å²) >= 11 is 0. The normalized spacial score (nSPS) is 41.4. The number of ketones is 1. The van der Waals surface area contributed by atoms with Crippen molar-refractivity contribution in [3.05, 3.63) is 11.6 Å². The number of hydrogen-bond acceptors (Lipinski definition) is 3. The standard InChI is InChI=1S/C18H26O3/c1-11(19)14-10-13-12(16(20)21-14)6-7-15-17(2,3)8-5-9-18(13,15)4/h6,13-15H,5,7-10H2,1-4H3/t13-,14+,15-,18+/m0/s1. The first-order valence-corrected chi connectivity index (χ1v) is 8.17. The Morgan fingerprint density at radius 1 is 1.29 bits per heavy atom. The van der Waals surface area contributed by atoms with Gasteiger partial charge in [-0.2, -0.15) is 0 Å². The number of fused-ring (bicyclic) bond motifs is 3. The van der Waals surface area contributed by atoms with Gasteiger partial charge in [0.25, 0.3) is 0 Å². The third-order valence-corrected chi connectivity index (χ3v) is 6.41. The zero-order valence-corrected chi connectivity index (χ0v) is 13.6. The molecule has 2 aliphatic carbocycles. The molecule has 0 aromatic rings. The molecule has 3 heteroatoms. The number of esters is 1. The fourth-order valence-corrected chi connectivity index (χ4v) is 5.24. The molecule has 0 radical (unpaired) electrons. The third kappa shape index (κ3) is 2.16. The summed E-state index contributed by atoms with van der Waals surface area (Å²) in [6.45, 7) is 8.58. The summed E-state index contributed by atoms with van der Waals surface area (Å²) in [4.78, 5) is 24.0. The van der Waals surface area contributed by atoms with Crippen LogP contribution >= 0.6 is 0 Å². The molecule has 0 aromatic carbocycles. The molecule has 0 bridgehead atoms. The van der Waals surface area contributed by atoms with Gasteiger partial charge < -0.3 is 4.74 Å². The summed E-state index contributed by atoms with van der Waals surface area (Å²) < 4.78 is 5.34. The van der Waals surface area contributed by atoms with Crippen LogP contribution in [-0.2, 0) is 14.3 Å². The van der Waals surface area contributed by atoms with Crippen LogP contribution in [0.2, 0.25) is 0 Å². The Bertz CT molecular complexity index is 517. The highest BCUT2D eigenvalue weighted by Gasteiger charge is 2.55. The van der Waals surface area contributed by atoms with Gasteiger partial charge in [0.05, 0.1) is 0 Å². The van der Waals surface area contributed by atoms with Crippen LogP contribution in [0.15, 0.2) is 11.6 Å². The number of Topliss-reactive ketones (excluding diaryl/α,β-unsaturated/α-hetero) is 1. The van der Waals surface area contributed by atoms with E-state index < -0.39 is 6.10 Å². The Morgan fingerprint density at radius 3 is 2.67 bits per heavy atom. The first-order valence-electron chi connectivity index (χ1n) is 8.17. The van der Waals surface area contributed by atoms with Crippen LogP contribution in [0.25, 0.3) is 0 Å². The molecule has 0 N–H and O–H groups in total. The molecular formula is C18H26O3. The predicted octanol–water partition coefficient (Wildman–Crippen LogP) is 3.67. The molecule has 3 aliphatic rings. The molecule has 0 spiro atoms. The maximum absolute atomic E-state index is 12.3. The maximum atomic E-state index is 12.3. The van der Waals surface area contributed by atoms with Gasteiger partial charge >= 0.3 is 5.97 Å². The number of rotatable bonds is 1. The smallest absolute Gasteiger partial charge is 0.334 e. The number of carbonyl (C=O) groups is 2. The SMILES string of the molecule is CC(=O)[C@H]1C[C@H]2C(=CC[C@H]3C(C)(C)CCC[C@]23C)C(=O)O1. The first kappa shape index (κ1) is 14.8. The maximum Gasteiger partial charge on any atom is 0.334 e. The highest BCUT2D eigenvalue weighted by Crippen LogP contribution is 2.61. The minimum Gasteiger partial charge on any atom is -0.451 e. The Kier molecular flexibility index (Phi) is 3.30. The molecule has 4 atom stereocenters. The summed E-state index contributed by atoms with van der Waals surface area (Å²) in [5.74, 6) is 0.495. The van der Waals surface area contributed by atoms with E-state index >= 15 is 0 Å². The molecule has 3 nitrogen and oxygen atoms in total. The summed E-state index contributed by atoms with van der Waals surface area (Å²) in [6, 6.07) is 0. The summed E-state index contributed by atoms with van der Waals surface area (Å²) in [7, 11) is 0. The fraction of sp³-hybridized carbons (Fsp3) is 0.778. The van der Waals surface area contributed by atoms with Crippen LogP contribution in [-0.4, -0.2) is 17.9 Å². The van der Waals surface area contributed by atoms with Gasteiger partial charge in [-0.1, -0.05) is 33.3 Å². The Labute approximate surface area is 127 Å². The van der Waals surface area contributed by atoms with Gasteiger partial charge in [-0.3, -0.25) is 4.79 Å². The van der Waals surface area contributed by atoms with E-state index in [1.54, 1.807) is 0 Å². The number of hydrogen-bond donors (Lipinski definition) is 0. The fourth-order valence-electron chi connectivity index (χ4n) is 5.24. The van der Waals surface area contributed by atoms with Crippen molar-refractivity contribution < 1.29 is 14.3 Å². The summed E-state index contributed by atoms with van der Waals surface area (Å²) in [5.41, 5.74) is 1.27. The quantitative estimate of drug-likeness (QED) is 0.692. The van der Waals surface area contributed by atoms with Crippen LogP contribution in [0.4, 0.5) is 0 Å². The van der Waals surface area contributed by atoms with Crippen molar-refractivity contribution in [2.45, 2.75) is 65.9 Å². The monoisotopic (exact) mass is 290 g/mol. The van der Waals surface area contributed by atoms with E-state index in [4.69, 9.17) is 4.74 Å². The zero-order valence-electron chi connectivity index (χ0n) is 13.6. The largest absolute Gasteiger partial charge is 0.451 e. The molecule has 21 heavy (non-hydrogen) atoms. The van der Waals surface area contributed by atoms with Gasteiger partial charge in [0, 0.05) is 11.5 Å². The molecule has 2 fully saturated rings. The molecule has 1 saturated carbocycles. The van der Waals surface area contributed by atoms with Crippen LogP contribution < -0.4 is 0 Å². The Balaban J connectivity index is 2.00. The number of ether oxygens (including phenoxy) is 1. The molecule has 1 saturated heterocycles. The topological polar surface area (TPSA) is 43.4 Å². The molecule has 116 valence electrons. The first-order chi connectivity index (χ1) is 9.75. The average Bonchev–Trinajstić information content (AvgIpc) is 2.38. The molecule has 1 heterocycles. The molecule has 1 aliphatic heterocycles. The average molecular weight is 290 g/mol. The van der Waals surface area contributed by atoms with Gasteiger partial charge in [-0.15, -0.1) is 0 Å². The summed E-state index contributed by atoms with van der Waals surface area (Å²) in [5, 5.41) is 0. The van der Waals surface area contributed by atoms with Gasteiger partial charge in [-0.25, -0.2) is 4.79 Å². The van der Waals surface area contributed by atoms with Crippen molar-refractivity contribution in [3.63, 3.8) is 0 Å². The van der Waals surface area contributed by atoms with Crippen molar-refractivity contribution in [1.29, 1.82) is 0 Å². The lowest BCUT2D eigenvalue weighted by atomic mass is 9.47. The van der Waals surface area contributed by atoms with Crippen molar-refractivity contribution >= 4 is 11.8 Å². The van der Waals surface area contributed by atoms with Gasteiger partial charge in [-0.05, 0) is 49.4 Å². The molecule has 3 rings (SSSR count). The molecule has 0 aromatic heterocycles. The second-order valence-corrected chi connectivity index (χ2v) is 8.09. The number of cyclic esters (lactones) is 1. The van der Waals surface area contributed by atoms with E-state index in [9.17, 15) is 9.59 Å². The third-order valence-electron chi connectivity index (χ3n) is 6.41. The lowest BCUT2D eigenvalue weighted by Crippen LogP contribution is -2.53. The van der Waals surface area contributed by atoms with Crippen molar-refractivity contribution in [2.75, 3.05) is 0 Å². The number of carbonyl (C=O) groups excluding carboxylic acids is 2. The second kappa shape index (κ2) is 4.69. The highest BCUT2D eigenvalue weighted by atomic mass is 16.5. The second-order valence-electron chi connectivity index (χ2n) is 8.09. The lowest BCUT2D eigenvalue weighted by molar-refractivity contribution is -0.161. The van der Waals surface area contributed by atoms with Crippen molar-refractivity contribution in [2.24, 2.45) is 22.7 Å². The van der Waals surface area contributed by atoms with Crippen molar-refractivity contribution in [3.8, 4) is 0 Å².